The molecule has 4 heterocycles. The SMILES string of the molecule is Cc1nc(-c2noc(-c3ccc(F)cn3)n2)cc(-c2cnn(C(F)F)c2)c1F. The molecule has 0 spiro atoms. The van der Waals surface area contributed by atoms with Crippen molar-refractivity contribution in [3.63, 3.8) is 0 Å². The highest BCUT2D eigenvalue weighted by Gasteiger charge is 2.19. The first-order valence-electron chi connectivity index (χ1n) is 7.88. The summed E-state index contributed by atoms with van der Waals surface area (Å²) >= 11 is 0. The van der Waals surface area contributed by atoms with Crippen LogP contribution in [0.3, 0.4) is 0 Å². The van der Waals surface area contributed by atoms with E-state index in [-0.39, 0.29) is 39.9 Å². The van der Waals surface area contributed by atoms with Gasteiger partial charge < -0.3 is 4.52 Å². The van der Waals surface area contributed by atoms with Gasteiger partial charge in [0.25, 0.3) is 5.89 Å². The minimum absolute atomic E-state index is 0.0145. The van der Waals surface area contributed by atoms with Gasteiger partial charge >= 0.3 is 6.55 Å². The molecule has 0 atom stereocenters. The van der Waals surface area contributed by atoms with Gasteiger partial charge in [-0.2, -0.15) is 18.9 Å². The Hall–Kier alpha value is -3.63. The van der Waals surface area contributed by atoms with Gasteiger partial charge in [-0.05, 0) is 25.1 Å². The summed E-state index contributed by atoms with van der Waals surface area (Å²) in [5, 5.41) is 7.29. The van der Waals surface area contributed by atoms with E-state index >= 15 is 0 Å². The summed E-state index contributed by atoms with van der Waals surface area (Å²) in [5.41, 5.74) is 0.589. The summed E-state index contributed by atoms with van der Waals surface area (Å²) in [4.78, 5) is 12.0. The molecule has 0 aromatic carbocycles. The first-order chi connectivity index (χ1) is 13.4. The molecule has 0 aliphatic rings. The molecule has 0 aliphatic carbocycles. The van der Waals surface area contributed by atoms with Crippen LogP contribution in [0.1, 0.15) is 12.2 Å². The molecule has 0 fully saturated rings. The van der Waals surface area contributed by atoms with Crippen molar-refractivity contribution in [2.75, 3.05) is 0 Å². The lowest BCUT2D eigenvalue weighted by atomic mass is 10.1. The summed E-state index contributed by atoms with van der Waals surface area (Å²) < 4.78 is 58.5. The zero-order chi connectivity index (χ0) is 19.8. The van der Waals surface area contributed by atoms with Crippen LogP contribution in [0.25, 0.3) is 34.2 Å². The van der Waals surface area contributed by atoms with Crippen LogP contribution in [-0.2, 0) is 0 Å². The maximum atomic E-state index is 14.5. The van der Waals surface area contributed by atoms with E-state index < -0.39 is 18.2 Å². The number of hydrogen-bond donors (Lipinski definition) is 0. The fourth-order valence-corrected chi connectivity index (χ4v) is 2.50. The second-order valence-corrected chi connectivity index (χ2v) is 5.73. The van der Waals surface area contributed by atoms with Crippen LogP contribution < -0.4 is 0 Å². The molecule has 0 N–H and O–H groups in total. The van der Waals surface area contributed by atoms with Crippen LogP contribution in [0.2, 0.25) is 0 Å². The minimum Gasteiger partial charge on any atom is -0.332 e. The van der Waals surface area contributed by atoms with Crippen molar-refractivity contribution >= 4 is 0 Å². The van der Waals surface area contributed by atoms with Crippen molar-refractivity contribution in [2.45, 2.75) is 13.5 Å². The minimum atomic E-state index is -2.85. The number of alkyl halides is 2. The van der Waals surface area contributed by atoms with Gasteiger partial charge in [0.2, 0.25) is 5.82 Å². The number of rotatable bonds is 4. The van der Waals surface area contributed by atoms with Gasteiger partial charge in [0.1, 0.15) is 17.2 Å². The van der Waals surface area contributed by atoms with Crippen LogP contribution in [0.4, 0.5) is 17.6 Å². The van der Waals surface area contributed by atoms with E-state index in [2.05, 4.69) is 25.2 Å². The predicted molar refractivity (Wildman–Crippen MR) is 87.9 cm³/mol. The Morgan fingerprint density at radius 3 is 2.57 bits per heavy atom. The summed E-state index contributed by atoms with van der Waals surface area (Å²) in [6.45, 7) is -1.43. The number of nitrogens with zero attached hydrogens (tertiary/aromatic N) is 6. The maximum absolute atomic E-state index is 14.5. The van der Waals surface area contributed by atoms with Gasteiger partial charge in [0, 0.05) is 17.3 Å². The van der Waals surface area contributed by atoms with Crippen LogP contribution in [-0.4, -0.2) is 29.9 Å². The molecule has 0 radical (unpaired) electrons. The van der Waals surface area contributed by atoms with Crippen LogP contribution in [0.5, 0.6) is 0 Å². The average molecular weight is 390 g/mol. The van der Waals surface area contributed by atoms with E-state index in [1.165, 1.54) is 25.1 Å². The monoisotopic (exact) mass is 390 g/mol. The molecular weight excluding hydrogens is 380 g/mol. The van der Waals surface area contributed by atoms with Gasteiger partial charge in [-0.15, -0.1) is 0 Å². The molecule has 0 aliphatic heterocycles. The molecule has 142 valence electrons. The Bertz CT molecular complexity index is 1140. The molecule has 4 rings (SSSR count). The molecule has 4 aromatic rings. The average Bonchev–Trinajstić information content (AvgIpc) is 3.34. The van der Waals surface area contributed by atoms with Gasteiger partial charge in [0.05, 0.1) is 18.1 Å². The van der Waals surface area contributed by atoms with Crippen LogP contribution >= 0.6 is 0 Å². The Morgan fingerprint density at radius 1 is 1.07 bits per heavy atom. The summed E-state index contributed by atoms with van der Waals surface area (Å²) in [6, 6.07) is 3.85. The number of halogens is 4. The largest absolute Gasteiger partial charge is 0.333 e. The van der Waals surface area contributed by atoms with Gasteiger partial charge in [-0.3, -0.25) is 0 Å². The van der Waals surface area contributed by atoms with E-state index in [9.17, 15) is 17.6 Å². The Labute approximate surface area is 154 Å². The second kappa shape index (κ2) is 6.83. The molecule has 11 heteroatoms. The standard InChI is InChI=1S/C17H10F4N6O/c1-8-14(19)11(9-5-23-27(7-9)17(20)21)4-13(24-8)15-25-16(28-26-15)12-3-2-10(18)6-22-12/h2-7,17H,1H3. The fraction of sp³-hybridized carbons (Fsp3) is 0.118. The van der Waals surface area contributed by atoms with Gasteiger partial charge in [-0.25, -0.2) is 23.4 Å². The highest BCUT2D eigenvalue weighted by Crippen LogP contribution is 2.29. The Kier molecular flexibility index (Phi) is 4.34. The molecule has 28 heavy (non-hydrogen) atoms. The molecule has 0 saturated carbocycles. The maximum Gasteiger partial charge on any atom is 0.333 e. The zero-order valence-corrected chi connectivity index (χ0v) is 14.1. The predicted octanol–water partition coefficient (Wildman–Crippen LogP) is 4.04. The third-order valence-electron chi connectivity index (χ3n) is 3.84. The summed E-state index contributed by atoms with van der Waals surface area (Å²) in [5.74, 6) is -1.15. The fourth-order valence-electron chi connectivity index (χ4n) is 2.50. The highest BCUT2D eigenvalue weighted by atomic mass is 19.3. The van der Waals surface area contributed by atoms with E-state index in [0.717, 1.165) is 18.6 Å². The van der Waals surface area contributed by atoms with Crippen LogP contribution in [0.15, 0.2) is 41.3 Å². The lowest BCUT2D eigenvalue weighted by Gasteiger charge is -2.05. The Balaban J connectivity index is 1.74. The van der Waals surface area contributed by atoms with Gasteiger partial charge in [0.15, 0.2) is 5.82 Å². The summed E-state index contributed by atoms with van der Waals surface area (Å²) in [7, 11) is 0. The molecular formula is C17H10F4N6O. The number of aromatic nitrogens is 6. The normalized spacial score (nSPS) is 11.4. The van der Waals surface area contributed by atoms with E-state index in [0.29, 0.717) is 4.68 Å². The van der Waals surface area contributed by atoms with Crippen LogP contribution in [0, 0.1) is 18.6 Å². The Morgan fingerprint density at radius 2 is 1.89 bits per heavy atom. The number of aryl methyl sites for hydroxylation is 1. The third-order valence-corrected chi connectivity index (χ3v) is 3.84. The quantitative estimate of drug-likeness (QED) is 0.489. The molecule has 4 aromatic heterocycles. The summed E-state index contributed by atoms with van der Waals surface area (Å²) in [6.07, 6.45) is 3.15. The van der Waals surface area contributed by atoms with Crippen molar-refractivity contribution in [1.29, 1.82) is 0 Å². The second-order valence-electron chi connectivity index (χ2n) is 5.73. The molecule has 0 saturated heterocycles. The smallest absolute Gasteiger partial charge is 0.332 e. The third kappa shape index (κ3) is 3.21. The van der Waals surface area contributed by atoms with E-state index in [1.807, 2.05) is 0 Å². The van der Waals surface area contributed by atoms with Crippen molar-refractivity contribution in [3.05, 3.63) is 54.1 Å². The van der Waals surface area contributed by atoms with Crippen molar-refractivity contribution in [3.8, 4) is 34.2 Å². The molecule has 0 unspecified atom stereocenters. The molecule has 0 amide bonds. The van der Waals surface area contributed by atoms with Crippen molar-refractivity contribution < 1.29 is 22.1 Å². The first kappa shape index (κ1) is 17.8. The van der Waals surface area contributed by atoms with E-state index in [4.69, 9.17) is 4.52 Å². The van der Waals surface area contributed by atoms with E-state index in [1.54, 1.807) is 0 Å². The zero-order valence-electron chi connectivity index (χ0n) is 14.1. The van der Waals surface area contributed by atoms with Gasteiger partial charge in [-0.1, -0.05) is 5.16 Å². The lowest BCUT2D eigenvalue weighted by Crippen LogP contribution is -1.98. The molecule has 7 nitrogen and oxygen atoms in total. The highest BCUT2D eigenvalue weighted by molar-refractivity contribution is 5.68. The lowest BCUT2D eigenvalue weighted by molar-refractivity contribution is 0.0566. The number of hydrogen-bond acceptors (Lipinski definition) is 6. The topological polar surface area (TPSA) is 82.5 Å². The number of pyridine rings is 2. The van der Waals surface area contributed by atoms with Crippen molar-refractivity contribution in [1.82, 2.24) is 29.9 Å². The van der Waals surface area contributed by atoms with Crippen molar-refractivity contribution in [2.24, 2.45) is 0 Å². The molecule has 0 bridgehead atoms. The first-order valence-corrected chi connectivity index (χ1v) is 7.88.